The van der Waals surface area contributed by atoms with Gasteiger partial charge < -0.3 is 14.8 Å². The van der Waals surface area contributed by atoms with Crippen LogP contribution in [0.15, 0.2) is 0 Å². The van der Waals surface area contributed by atoms with E-state index in [9.17, 15) is 14.4 Å². The zero-order chi connectivity index (χ0) is 17.2. The van der Waals surface area contributed by atoms with Gasteiger partial charge in [0.25, 0.3) is 0 Å². The van der Waals surface area contributed by atoms with Crippen LogP contribution in [-0.4, -0.2) is 36.1 Å². The summed E-state index contributed by atoms with van der Waals surface area (Å²) in [4.78, 5) is 35.2. The Kier molecular flexibility index (Phi) is 9.45. The van der Waals surface area contributed by atoms with Crippen LogP contribution >= 0.6 is 0 Å². The van der Waals surface area contributed by atoms with Crippen molar-refractivity contribution in [3.8, 4) is 0 Å². The van der Waals surface area contributed by atoms with Crippen LogP contribution < -0.4 is 5.32 Å². The molecule has 0 bridgehead atoms. The molecule has 1 N–H and O–H groups in total. The highest BCUT2D eigenvalue weighted by Gasteiger charge is 2.25. The molecule has 0 aliphatic carbocycles. The summed E-state index contributed by atoms with van der Waals surface area (Å²) in [6.07, 6.45) is 1.83. The summed E-state index contributed by atoms with van der Waals surface area (Å²) in [7, 11) is 0. The summed E-state index contributed by atoms with van der Waals surface area (Å²) in [5.41, 5.74) is -0.653. The molecular formula is C16H29NO5. The Hall–Kier alpha value is -1.59. The number of esters is 1. The van der Waals surface area contributed by atoms with Gasteiger partial charge in [-0.2, -0.15) is 0 Å². The maximum Gasteiger partial charge on any atom is 0.408 e. The van der Waals surface area contributed by atoms with Gasteiger partial charge in [0.05, 0.1) is 6.61 Å². The average molecular weight is 315 g/mol. The second-order valence-electron chi connectivity index (χ2n) is 6.15. The molecule has 0 heterocycles. The van der Waals surface area contributed by atoms with Gasteiger partial charge in [-0.15, -0.1) is 0 Å². The second-order valence-corrected chi connectivity index (χ2v) is 6.15. The molecule has 0 saturated carbocycles. The van der Waals surface area contributed by atoms with E-state index in [1.807, 2.05) is 6.92 Å². The summed E-state index contributed by atoms with van der Waals surface area (Å²) in [6.45, 7) is 9.28. The van der Waals surface area contributed by atoms with Crippen LogP contribution in [-0.2, 0) is 19.1 Å². The van der Waals surface area contributed by atoms with Gasteiger partial charge in [0, 0.05) is 12.8 Å². The zero-order valence-corrected chi connectivity index (χ0v) is 14.4. The first-order valence-corrected chi connectivity index (χ1v) is 7.87. The summed E-state index contributed by atoms with van der Waals surface area (Å²) in [5.74, 6) is -0.486. The Labute approximate surface area is 132 Å². The molecule has 0 aromatic heterocycles. The van der Waals surface area contributed by atoms with Crippen LogP contribution in [0.25, 0.3) is 0 Å². The van der Waals surface area contributed by atoms with E-state index >= 15 is 0 Å². The topological polar surface area (TPSA) is 81.7 Å². The normalized spacial score (nSPS) is 12.4. The molecule has 0 aliphatic heterocycles. The maximum absolute atomic E-state index is 12.0. The number of unbranched alkanes of at least 4 members (excludes halogenated alkanes) is 1. The van der Waals surface area contributed by atoms with E-state index in [4.69, 9.17) is 9.47 Å². The van der Waals surface area contributed by atoms with Crippen molar-refractivity contribution in [3.63, 3.8) is 0 Å². The minimum atomic E-state index is -0.859. The van der Waals surface area contributed by atoms with Gasteiger partial charge in [0.15, 0.2) is 0 Å². The molecule has 1 atom stereocenters. The Morgan fingerprint density at radius 2 is 1.77 bits per heavy atom. The van der Waals surface area contributed by atoms with Crippen molar-refractivity contribution in [2.24, 2.45) is 0 Å². The molecule has 0 aromatic carbocycles. The molecule has 22 heavy (non-hydrogen) atoms. The highest BCUT2D eigenvalue weighted by Crippen LogP contribution is 2.09. The SMILES string of the molecule is CCCCOC(=O)C(CCC(=O)CC)NC(=O)OC(C)(C)C. The lowest BCUT2D eigenvalue weighted by Crippen LogP contribution is -2.44. The number of Topliss-reactive ketones (excluding diaryl/α,β-unsaturated/α-hetero) is 1. The van der Waals surface area contributed by atoms with E-state index < -0.39 is 23.7 Å². The molecule has 0 saturated heterocycles. The van der Waals surface area contributed by atoms with Crippen LogP contribution in [0.1, 0.15) is 66.7 Å². The second kappa shape index (κ2) is 10.2. The van der Waals surface area contributed by atoms with Crippen molar-refractivity contribution in [3.05, 3.63) is 0 Å². The number of nitrogens with one attached hydrogen (secondary N) is 1. The predicted molar refractivity (Wildman–Crippen MR) is 83.6 cm³/mol. The lowest BCUT2D eigenvalue weighted by atomic mass is 10.1. The van der Waals surface area contributed by atoms with E-state index in [1.54, 1.807) is 27.7 Å². The van der Waals surface area contributed by atoms with Crippen LogP contribution in [0.3, 0.4) is 0 Å². The molecule has 0 aliphatic rings. The highest BCUT2D eigenvalue weighted by molar-refractivity contribution is 5.83. The molecule has 128 valence electrons. The number of ketones is 1. The molecular weight excluding hydrogens is 286 g/mol. The molecule has 6 heteroatoms. The molecule has 6 nitrogen and oxygen atoms in total. The fourth-order valence-corrected chi connectivity index (χ4v) is 1.60. The molecule has 0 spiro atoms. The third-order valence-corrected chi connectivity index (χ3v) is 2.82. The van der Waals surface area contributed by atoms with E-state index in [-0.39, 0.29) is 18.6 Å². The van der Waals surface area contributed by atoms with E-state index in [0.717, 1.165) is 12.8 Å². The third kappa shape index (κ3) is 10.2. The van der Waals surface area contributed by atoms with Crippen molar-refractivity contribution >= 4 is 17.8 Å². The van der Waals surface area contributed by atoms with Crippen molar-refractivity contribution in [2.75, 3.05) is 6.61 Å². The number of rotatable bonds is 9. The van der Waals surface area contributed by atoms with E-state index in [0.29, 0.717) is 13.0 Å². The Bertz CT molecular complexity index is 373. The van der Waals surface area contributed by atoms with Gasteiger partial charge in [-0.05, 0) is 33.6 Å². The molecule has 1 amide bonds. The minimum absolute atomic E-state index is 0.0392. The maximum atomic E-state index is 12.0. The van der Waals surface area contributed by atoms with Gasteiger partial charge in [-0.25, -0.2) is 9.59 Å². The molecule has 0 fully saturated rings. The van der Waals surface area contributed by atoms with Crippen LogP contribution in [0.4, 0.5) is 4.79 Å². The number of carbonyl (C=O) groups is 3. The zero-order valence-electron chi connectivity index (χ0n) is 14.4. The summed E-state index contributed by atoms with van der Waals surface area (Å²) < 4.78 is 10.3. The Morgan fingerprint density at radius 1 is 1.14 bits per heavy atom. The number of amides is 1. The van der Waals surface area contributed by atoms with E-state index in [2.05, 4.69) is 5.32 Å². The quantitative estimate of drug-likeness (QED) is 0.522. The fourth-order valence-electron chi connectivity index (χ4n) is 1.60. The standard InChI is InChI=1S/C16H29NO5/c1-6-8-11-21-14(19)13(10-9-12(18)7-2)17-15(20)22-16(3,4)5/h13H,6-11H2,1-5H3,(H,17,20). The van der Waals surface area contributed by atoms with Gasteiger partial charge in [0.1, 0.15) is 17.4 Å². The summed E-state index contributed by atoms with van der Waals surface area (Å²) in [5, 5.41) is 2.49. The highest BCUT2D eigenvalue weighted by atomic mass is 16.6. The van der Waals surface area contributed by atoms with Crippen molar-refractivity contribution in [1.82, 2.24) is 5.32 Å². The average Bonchev–Trinajstić information content (AvgIpc) is 2.41. The molecule has 0 aromatic rings. The first-order chi connectivity index (χ1) is 10.2. The molecule has 0 rings (SSSR count). The van der Waals surface area contributed by atoms with Crippen LogP contribution in [0.2, 0.25) is 0 Å². The number of hydrogen-bond acceptors (Lipinski definition) is 5. The number of carbonyl (C=O) groups excluding carboxylic acids is 3. The number of hydrogen-bond donors (Lipinski definition) is 1. The van der Waals surface area contributed by atoms with Crippen molar-refractivity contribution in [1.29, 1.82) is 0 Å². The largest absolute Gasteiger partial charge is 0.464 e. The Balaban J connectivity index is 4.59. The molecule has 1 unspecified atom stereocenters. The van der Waals surface area contributed by atoms with Crippen molar-refractivity contribution < 1.29 is 23.9 Å². The minimum Gasteiger partial charge on any atom is -0.464 e. The monoisotopic (exact) mass is 315 g/mol. The summed E-state index contributed by atoms with van der Waals surface area (Å²) >= 11 is 0. The summed E-state index contributed by atoms with van der Waals surface area (Å²) in [6, 6.07) is -0.859. The number of alkyl carbamates (subject to hydrolysis) is 1. The predicted octanol–water partition coefficient (Wildman–Crippen LogP) is 2.98. The van der Waals surface area contributed by atoms with E-state index in [1.165, 1.54) is 0 Å². The van der Waals surface area contributed by atoms with Gasteiger partial charge in [-0.1, -0.05) is 20.3 Å². The lowest BCUT2D eigenvalue weighted by Gasteiger charge is -2.22. The lowest BCUT2D eigenvalue weighted by molar-refractivity contribution is -0.146. The Morgan fingerprint density at radius 3 is 2.27 bits per heavy atom. The van der Waals surface area contributed by atoms with Gasteiger partial charge in [-0.3, -0.25) is 4.79 Å². The number of ether oxygens (including phenoxy) is 2. The van der Waals surface area contributed by atoms with Crippen LogP contribution in [0.5, 0.6) is 0 Å². The van der Waals surface area contributed by atoms with Crippen molar-refractivity contribution in [2.45, 2.75) is 78.4 Å². The first kappa shape index (κ1) is 20.4. The van der Waals surface area contributed by atoms with Gasteiger partial charge in [0.2, 0.25) is 0 Å². The van der Waals surface area contributed by atoms with Crippen LogP contribution in [0, 0.1) is 0 Å². The smallest absolute Gasteiger partial charge is 0.408 e. The first-order valence-electron chi connectivity index (χ1n) is 7.87. The molecule has 0 radical (unpaired) electrons. The fraction of sp³-hybridized carbons (Fsp3) is 0.812. The third-order valence-electron chi connectivity index (χ3n) is 2.82. The van der Waals surface area contributed by atoms with Gasteiger partial charge >= 0.3 is 12.1 Å².